The van der Waals surface area contributed by atoms with Crippen molar-refractivity contribution in [2.24, 2.45) is 0 Å². The van der Waals surface area contributed by atoms with Crippen LogP contribution in [-0.2, 0) is 14.8 Å². The number of carbonyl (C=O) groups excluding carboxylic acids is 1. The van der Waals surface area contributed by atoms with E-state index in [0.29, 0.717) is 37.4 Å². The topological polar surface area (TPSA) is 84.9 Å². The number of hydrogen-bond donors (Lipinski definition) is 1. The molecule has 3 rings (SSSR count). The monoisotopic (exact) mass is 460 g/mol. The summed E-state index contributed by atoms with van der Waals surface area (Å²) < 4.78 is 39.4. The molecule has 0 radical (unpaired) electrons. The molecule has 1 heterocycles. The van der Waals surface area contributed by atoms with Crippen molar-refractivity contribution >= 4 is 21.8 Å². The molecular weight excluding hydrogens is 428 g/mol. The van der Waals surface area contributed by atoms with Gasteiger partial charge in [0.2, 0.25) is 0 Å². The van der Waals surface area contributed by atoms with E-state index in [1.54, 1.807) is 47.4 Å². The number of benzene rings is 2. The quantitative estimate of drug-likeness (QED) is 0.687. The second-order valence-electron chi connectivity index (χ2n) is 9.18. The first kappa shape index (κ1) is 23.9. The summed E-state index contributed by atoms with van der Waals surface area (Å²) in [6.07, 6.45) is 1.11. The predicted molar refractivity (Wildman–Crippen MR) is 125 cm³/mol. The summed E-state index contributed by atoms with van der Waals surface area (Å²) in [6, 6.07) is 12.0. The van der Waals surface area contributed by atoms with Gasteiger partial charge >= 0.3 is 6.09 Å². The molecule has 0 unspecified atom stereocenters. The average Bonchev–Trinajstić information content (AvgIpc) is 2.69. The molecule has 8 heteroatoms. The molecule has 2 aromatic carbocycles. The van der Waals surface area contributed by atoms with E-state index in [2.05, 4.69) is 4.72 Å². The largest absolute Gasteiger partial charge is 0.490 e. The first-order valence-corrected chi connectivity index (χ1v) is 12.3. The van der Waals surface area contributed by atoms with Gasteiger partial charge in [-0.05, 0) is 70.5 Å². The smallest absolute Gasteiger partial charge is 0.410 e. The van der Waals surface area contributed by atoms with Crippen molar-refractivity contribution in [1.29, 1.82) is 0 Å². The Kier molecular flexibility index (Phi) is 7.03. The molecular formula is C24H32N2O5S. The number of piperidine rings is 1. The van der Waals surface area contributed by atoms with Gasteiger partial charge in [0.15, 0.2) is 0 Å². The van der Waals surface area contributed by atoms with Crippen LogP contribution in [0.3, 0.4) is 0 Å². The number of nitrogens with zero attached hydrogens (tertiary/aromatic N) is 1. The number of carbonyl (C=O) groups is 1. The Labute approximate surface area is 190 Å². The summed E-state index contributed by atoms with van der Waals surface area (Å²) in [5, 5.41) is 0. The van der Waals surface area contributed by atoms with Crippen molar-refractivity contribution in [3.63, 3.8) is 0 Å². The van der Waals surface area contributed by atoms with Crippen LogP contribution in [0.15, 0.2) is 47.4 Å². The first-order valence-electron chi connectivity index (χ1n) is 10.8. The van der Waals surface area contributed by atoms with Crippen LogP contribution in [0.5, 0.6) is 5.75 Å². The molecule has 0 bridgehead atoms. The Bertz CT molecular complexity index is 1050. The van der Waals surface area contributed by atoms with Gasteiger partial charge in [0.25, 0.3) is 10.0 Å². The Morgan fingerprint density at radius 3 is 2.22 bits per heavy atom. The highest BCUT2D eigenvalue weighted by Gasteiger charge is 2.28. The highest BCUT2D eigenvalue weighted by atomic mass is 32.2. The predicted octanol–water partition coefficient (Wildman–Crippen LogP) is 4.88. The minimum atomic E-state index is -3.65. The van der Waals surface area contributed by atoms with Gasteiger partial charge in [-0.2, -0.15) is 0 Å². The highest BCUT2D eigenvalue weighted by Crippen LogP contribution is 2.27. The minimum absolute atomic E-state index is 0.0116. The number of amides is 1. The standard InChI is InChI=1S/C24H32N2O5S/c1-17-6-9-21(10-7-17)32(28,29)25-19-8-11-22(18(2)16-19)30-20-12-14-26(15-13-20)23(27)31-24(3,4)5/h6-11,16,20,25H,12-15H2,1-5H3. The zero-order valence-electron chi connectivity index (χ0n) is 19.3. The molecule has 0 atom stereocenters. The van der Waals surface area contributed by atoms with E-state index in [-0.39, 0.29) is 17.1 Å². The first-order chi connectivity index (χ1) is 14.9. The van der Waals surface area contributed by atoms with Crippen LogP contribution >= 0.6 is 0 Å². The molecule has 1 aliphatic heterocycles. The fraction of sp³-hybridized carbons (Fsp3) is 0.458. The molecule has 32 heavy (non-hydrogen) atoms. The fourth-order valence-corrected chi connectivity index (χ4v) is 4.49. The van der Waals surface area contributed by atoms with Gasteiger partial charge in [0, 0.05) is 31.6 Å². The summed E-state index contributed by atoms with van der Waals surface area (Å²) in [6.45, 7) is 10.5. The molecule has 174 valence electrons. The molecule has 1 saturated heterocycles. The van der Waals surface area contributed by atoms with Gasteiger partial charge in [-0.15, -0.1) is 0 Å². The maximum atomic E-state index is 12.6. The number of anilines is 1. The number of hydrogen-bond acceptors (Lipinski definition) is 5. The lowest BCUT2D eigenvalue weighted by Crippen LogP contribution is -2.44. The number of rotatable bonds is 5. The van der Waals surface area contributed by atoms with Crippen molar-refractivity contribution in [2.45, 2.75) is 64.1 Å². The number of ether oxygens (including phenoxy) is 2. The Hall–Kier alpha value is -2.74. The number of nitrogens with one attached hydrogen (secondary N) is 1. The molecule has 2 aromatic rings. The Morgan fingerprint density at radius 1 is 1.03 bits per heavy atom. The molecule has 0 aliphatic carbocycles. The normalized spacial score (nSPS) is 15.3. The molecule has 1 amide bonds. The third kappa shape index (κ3) is 6.38. The van der Waals surface area contributed by atoms with E-state index in [1.165, 1.54) is 0 Å². The van der Waals surface area contributed by atoms with E-state index in [1.807, 2.05) is 34.6 Å². The summed E-state index contributed by atoms with van der Waals surface area (Å²) >= 11 is 0. The highest BCUT2D eigenvalue weighted by molar-refractivity contribution is 7.92. The van der Waals surface area contributed by atoms with Crippen LogP contribution in [-0.4, -0.2) is 44.2 Å². The van der Waals surface area contributed by atoms with Crippen LogP contribution < -0.4 is 9.46 Å². The van der Waals surface area contributed by atoms with E-state index < -0.39 is 15.6 Å². The van der Waals surface area contributed by atoms with Crippen LogP contribution in [0.25, 0.3) is 0 Å². The molecule has 0 aromatic heterocycles. The van der Waals surface area contributed by atoms with E-state index in [4.69, 9.17) is 9.47 Å². The summed E-state index contributed by atoms with van der Waals surface area (Å²) in [5.41, 5.74) is 1.81. The maximum Gasteiger partial charge on any atom is 0.410 e. The number of sulfonamides is 1. The SMILES string of the molecule is Cc1ccc(S(=O)(=O)Nc2ccc(OC3CCN(C(=O)OC(C)(C)C)CC3)c(C)c2)cc1. The molecule has 7 nitrogen and oxygen atoms in total. The van der Waals surface area contributed by atoms with Gasteiger partial charge in [0.1, 0.15) is 17.5 Å². The van der Waals surface area contributed by atoms with E-state index in [9.17, 15) is 13.2 Å². The third-order valence-corrected chi connectivity index (χ3v) is 6.54. The second kappa shape index (κ2) is 9.40. The summed E-state index contributed by atoms with van der Waals surface area (Å²) in [5.74, 6) is 0.707. The minimum Gasteiger partial charge on any atom is -0.490 e. The summed E-state index contributed by atoms with van der Waals surface area (Å²) in [4.78, 5) is 14.1. The van der Waals surface area contributed by atoms with Crippen LogP contribution in [0, 0.1) is 13.8 Å². The van der Waals surface area contributed by atoms with Crippen molar-refractivity contribution in [2.75, 3.05) is 17.8 Å². The van der Waals surface area contributed by atoms with E-state index in [0.717, 1.165) is 11.1 Å². The third-order valence-electron chi connectivity index (χ3n) is 5.15. The number of likely N-dealkylation sites (tertiary alicyclic amines) is 1. The van der Waals surface area contributed by atoms with Crippen LogP contribution in [0.2, 0.25) is 0 Å². The Morgan fingerprint density at radius 2 is 1.66 bits per heavy atom. The van der Waals surface area contributed by atoms with Crippen LogP contribution in [0.1, 0.15) is 44.7 Å². The molecule has 1 N–H and O–H groups in total. The van der Waals surface area contributed by atoms with Crippen LogP contribution in [0.4, 0.5) is 10.5 Å². The molecule has 0 spiro atoms. The lowest BCUT2D eigenvalue weighted by atomic mass is 10.1. The van der Waals surface area contributed by atoms with Crippen molar-refractivity contribution in [3.05, 3.63) is 53.6 Å². The lowest BCUT2D eigenvalue weighted by Gasteiger charge is -2.33. The zero-order chi connectivity index (χ0) is 23.5. The van der Waals surface area contributed by atoms with Gasteiger partial charge in [-0.1, -0.05) is 17.7 Å². The van der Waals surface area contributed by atoms with Crippen molar-refractivity contribution < 1.29 is 22.7 Å². The fourth-order valence-electron chi connectivity index (χ4n) is 3.44. The van der Waals surface area contributed by atoms with Gasteiger partial charge < -0.3 is 14.4 Å². The molecule has 1 fully saturated rings. The van der Waals surface area contributed by atoms with E-state index >= 15 is 0 Å². The molecule has 1 aliphatic rings. The summed E-state index contributed by atoms with van der Waals surface area (Å²) in [7, 11) is -3.65. The lowest BCUT2D eigenvalue weighted by molar-refractivity contribution is 0.0126. The Balaban J connectivity index is 1.58. The second-order valence-corrected chi connectivity index (χ2v) is 10.9. The maximum absolute atomic E-state index is 12.6. The number of aryl methyl sites for hydroxylation is 2. The average molecular weight is 461 g/mol. The van der Waals surface area contributed by atoms with Gasteiger partial charge in [-0.3, -0.25) is 4.72 Å². The van der Waals surface area contributed by atoms with Gasteiger partial charge in [0.05, 0.1) is 4.90 Å². The van der Waals surface area contributed by atoms with Gasteiger partial charge in [-0.25, -0.2) is 13.2 Å². The van der Waals surface area contributed by atoms with Crippen molar-refractivity contribution in [1.82, 2.24) is 4.90 Å². The molecule has 0 saturated carbocycles. The van der Waals surface area contributed by atoms with Crippen molar-refractivity contribution in [3.8, 4) is 5.75 Å². The zero-order valence-corrected chi connectivity index (χ0v) is 20.2.